The molecule has 2 aliphatic heterocycles. The lowest BCUT2D eigenvalue weighted by atomic mass is 9.83. The summed E-state index contributed by atoms with van der Waals surface area (Å²) in [6.45, 7) is 8.33. The van der Waals surface area contributed by atoms with Crippen LogP contribution >= 0.6 is 0 Å². The molecule has 6 rings (SSSR count). The number of alkyl carbamates (subject to hydrolysis) is 2. The summed E-state index contributed by atoms with van der Waals surface area (Å²) in [4.78, 5) is 83.3. The normalized spacial score (nSPS) is 21.3. The Kier molecular flexibility index (Phi) is 14.9. The number of carbonyl (C=O) groups excluding carboxylic acids is 4. The van der Waals surface area contributed by atoms with E-state index in [1.165, 1.54) is 14.2 Å². The van der Waals surface area contributed by atoms with E-state index in [0.29, 0.717) is 68.2 Å². The molecule has 0 radical (unpaired) electrons. The van der Waals surface area contributed by atoms with Gasteiger partial charge in [0.2, 0.25) is 11.8 Å². The molecule has 2 saturated heterocycles. The number of likely N-dealkylation sites (tertiary alicyclic amines) is 2. The first-order valence-electron chi connectivity index (χ1n) is 21.2. The third-order valence-electron chi connectivity index (χ3n) is 11.9. The van der Waals surface area contributed by atoms with Crippen molar-refractivity contribution in [3.05, 3.63) is 70.5 Å². The Labute approximate surface area is 360 Å². The quantitative estimate of drug-likeness (QED) is 0.129. The highest BCUT2D eigenvalue weighted by molar-refractivity contribution is 5.87. The van der Waals surface area contributed by atoms with Gasteiger partial charge in [0.1, 0.15) is 23.7 Å². The smallest absolute Gasteiger partial charge is 0.409 e. The molecule has 5 atom stereocenters. The fourth-order valence-corrected chi connectivity index (χ4v) is 8.70. The SMILES string of the molecule is COC(=O)NC(C(=O)N1CCCC1c1ncc(C2=CC(NC(=O)O)=C(C3=CC=C(c4cnc(C5CCCN5C(=O)C(NC(=O)OC)C(C)C)[nH]4)CC3OCCO)CC2)[nH]1)C(C)C. The van der Waals surface area contributed by atoms with Crippen LogP contribution in [0.15, 0.2) is 47.5 Å². The van der Waals surface area contributed by atoms with Gasteiger partial charge in [-0.25, -0.2) is 24.4 Å². The molecular formula is C43H59N9O10. The zero-order valence-electron chi connectivity index (χ0n) is 36.2. The van der Waals surface area contributed by atoms with Gasteiger partial charge in [0.05, 0.1) is 69.4 Å². The molecule has 2 aliphatic carbocycles. The summed E-state index contributed by atoms with van der Waals surface area (Å²) in [5, 5.41) is 27.6. The molecule has 2 aromatic heterocycles. The van der Waals surface area contributed by atoms with Crippen molar-refractivity contribution in [2.45, 2.75) is 103 Å². The molecule has 5 unspecified atom stereocenters. The molecule has 2 aromatic rings. The van der Waals surface area contributed by atoms with Crippen LogP contribution in [0.4, 0.5) is 14.4 Å². The van der Waals surface area contributed by atoms with E-state index in [0.717, 1.165) is 40.8 Å². The molecule has 0 saturated carbocycles. The number of amides is 5. The summed E-state index contributed by atoms with van der Waals surface area (Å²) >= 11 is 0. The van der Waals surface area contributed by atoms with Crippen molar-refractivity contribution in [1.29, 1.82) is 0 Å². The molecule has 2 fully saturated rings. The van der Waals surface area contributed by atoms with Crippen molar-refractivity contribution >= 4 is 41.2 Å². The second-order valence-electron chi connectivity index (χ2n) is 16.6. The Morgan fingerprint density at radius 3 is 1.82 bits per heavy atom. The van der Waals surface area contributed by atoms with Crippen LogP contribution in [0.3, 0.4) is 0 Å². The predicted octanol–water partition coefficient (Wildman–Crippen LogP) is 4.71. The van der Waals surface area contributed by atoms with E-state index in [1.54, 1.807) is 28.3 Å². The van der Waals surface area contributed by atoms with Crippen LogP contribution < -0.4 is 16.0 Å². The van der Waals surface area contributed by atoms with Crippen LogP contribution in [-0.2, 0) is 23.8 Å². The second kappa shape index (κ2) is 20.3. The minimum Gasteiger partial charge on any atom is -0.465 e. The van der Waals surface area contributed by atoms with Crippen molar-refractivity contribution in [3.8, 4) is 0 Å². The molecule has 0 spiro atoms. The van der Waals surface area contributed by atoms with Gasteiger partial charge in [-0.05, 0) is 78.7 Å². The van der Waals surface area contributed by atoms with E-state index in [1.807, 2.05) is 39.8 Å². The van der Waals surface area contributed by atoms with Crippen LogP contribution in [0.5, 0.6) is 0 Å². The van der Waals surface area contributed by atoms with E-state index in [4.69, 9.17) is 14.2 Å². The number of carboxylic acid groups (broad SMARTS) is 1. The topological polar surface area (TPSA) is 253 Å². The molecule has 4 aliphatic rings. The number of H-pyrrole nitrogens is 2. The van der Waals surface area contributed by atoms with Crippen LogP contribution in [-0.4, -0.2) is 129 Å². The number of rotatable bonds is 15. The zero-order valence-corrected chi connectivity index (χ0v) is 36.2. The zero-order chi connectivity index (χ0) is 44.7. The first-order chi connectivity index (χ1) is 29.7. The van der Waals surface area contributed by atoms with Crippen LogP contribution in [0.1, 0.15) is 108 Å². The van der Waals surface area contributed by atoms with Gasteiger partial charge in [0.25, 0.3) is 0 Å². The molecule has 19 heteroatoms. The standard InChI is InChI=1S/C43H59N9O10/c1-23(2)35(49-42(58)60-5)39(54)51-15-7-9-32(51)37-44-21-30(46-37)25-11-13-27(29(19-25)48-41(56)57)28-14-12-26(20-34(28)62-18-17-53)31-22-45-38(47-31)33-10-8-16-52(33)40(55)36(24(3)4)50-43(59)61-6/h12,14,19,21-24,32-36,48,53H,7-11,13,15-18,20H2,1-6H3,(H,44,46)(H,45,47)(H,49,58)(H,50,59)(H,56,57). The number of hydrogen-bond donors (Lipinski definition) is 7. The maximum Gasteiger partial charge on any atom is 0.409 e. The largest absolute Gasteiger partial charge is 0.465 e. The maximum atomic E-state index is 13.7. The number of nitrogens with zero attached hydrogens (tertiary/aromatic N) is 4. The van der Waals surface area contributed by atoms with Gasteiger partial charge in [-0.15, -0.1) is 0 Å². The number of carbonyl (C=O) groups is 5. The fourth-order valence-electron chi connectivity index (χ4n) is 8.70. The molecule has 19 nitrogen and oxygen atoms in total. The van der Waals surface area contributed by atoms with E-state index >= 15 is 0 Å². The number of nitrogens with one attached hydrogen (secondary N) is 5. The number of methoxy groups -OCH3 is 2. The number of ether oxygens (including phenoxy) is 3. The van der Waals surface area contributed by atoms with Gasteiger partial charge in [-0.2, -0.15) is 0 Å². The van der Waals surface area contributed by atoms with Crippen LogP contribution in [0.2, 0.25) is 0 Å². The number of aromatic amines is 2. The molecule has 4 heterocycles. The lowest BCUT2D eigenvalue weighted by molar-refractivity contribution is -0.136. The van der Waals surface area contributed by atoms with Gasteiger partial charge >= 0.3 is 18.3 Å². The Morgan fingerprint density at radius 1 is 0.806 bits per heavy atom. The Balaban J connectivity index is 1.25. The van der Waals surface area contributed by atoms with Gasteiger partial charge in [0, 0.05) is 25.2 Å². The average Bonchev–Trinajstić information content (AvgIpc) is 4.10. The fraction of sp³-hybridized carbons (Fsp3) is 0.558. The first kappa shape index (κ1) is 45.6. The molecule has 0 bridgehead atoms. The Morgan fingerprint density at radius 2 is 1.34 bits per heavy atom. The van der Waals surface area contributed by atoms with Crippen molar-refractivity contribution < 1.29 is 48.4 Å². The monoisotopic (exact) mass is 861 g/mol. The van der Waals surface area contributed by atoms with Crippen molar-refractivity contribution in [2.75, 3.05) is 40.5 Å². The number of hydrogen-bond acceptors (Lipinski definition) is 11. The minimum absolute atomic E-state index is 0.0592. The highest BCUT2D eigenvalue weighted by atomic mass is 16.5. The summed E-state index contributed by atoms with van der Waals surface area (Å²) in [5.74, 6) is 0.462. The maximum absolute atomic E-state index is 13.7. The Hall–Kier alpha value is -5.95. The summed E-state index contributed by atoms with van der Waals surface area (Å²) in [6, 6.07) is -2.17. The first-order valence-corrected chi connectivity index (χ1v) is 21.2. The van der Waals surface area contributed by atoms with Gasteiger partial charge in [0.15, 0.2) is 0 Å². The van der Waals surface area contributed by atoms with Crippen molar-refractivity contribution in [3.63, 3.8) is 0 Å². The number of imidazole rings is 2. The molecule has 7 N–H and O–H groups in total. The van der Waals surface area contributed by atoms with Crippen molar-refractivity contribution in [1.82, 2.24) is 45.7 Å². The molecule has 62 heavy (non-hydrogen) atoms. The van der Waals surface area contributed by atoms with Crippen LogP contribution in [0, 0.1) is 11.8 Å². The highest BCUT2D eigenvalue weighted by Crippen LogP contribution is 2.40. The van der Waals surface area contributed by atoms with Crippen molar-refractivity contribution in [2.24, 2.45) is 11.8 Å². The number of aliphatic hydroxyl groups excluding tert-OH is 1. The number of aliphatic hydroxyl groups is 1. The molecule has 336 valence electrons. The summed E-state index contributed by atoms with van der Waals surface area (Å²) in [5.41, 5.74) is 5.05. The Bertz CT molecular complexity index is 2120. The van der Waals surface area contributed by atoms with E-state index in [2.05, 4.69) is 35.9 Å². The number of aromatic nitrogens is 4. The third kappa shape index (κ3) is 10.2. The second-order valence-corrected chi connectivity index (χ2v) is 16.6. The molecule has 5 amide bonds. The number of allylic oxidation sites excluding steroid dienone is 4. The van der Waals surface area contributed by atoms with Gasteiger partial charge in [-0.1, -0.05) is 39.8 Å². The van der Waals surface area contributed by atoms with E-state index in [9.17, 15) is 34.2 Å². The predicted molar refractivity (Wildman–Crippen MR) is 226 cm³/mol. The third-order valence-corrected chi connectivity index (χ3v) is 11.9. The van der Waals surface area contributed by atoms with Crippen LogP contribution in [0.25, 0.3) is 11.1 Å². The average molecular weight is 862 g/mol. The van der Waals surface area contributed by atoms with E-state index in [-0.39, 0.29) is 48.9 Å². The molecule has 0 aromatic carbocycles. The van der Waals surface area contributed by atoms with Gasteiger partial charge in [-0.3, -0.25) is 14.9 Å². The summed E-state index contributed by atoms with van der Waals surface area (Å²) in [6.07, 6.45) is 10.3. The lowest BCUT2D eigenvalue weighted by Crippen LogP contribution is -2.51. The van der Waals surface area contributed by atoms with E-state index < -0.39 is 36.5 Å². The molecular weight excluding hydrogens is 803 g/mol. The lowest BCUT2D eigenvalue weighted by Gasteiger charge is -2.30. The van der Waals surface area contributed by atoms with Gasteiger partial charge < -0.3 is 54.8 Å². The summed E-state index contributed by atoms with van der Waals surface area (Å²) in [7, 11) is 2.52. The summed E-state index contributed by atoms with van der Waals surface area (Å²) < 4.78 is 15.7. The minimum atomic E-state index is -1.23. The highest BCUT2D eigenvalue weighted by Gasteiger charge is 2.39.